The Morgan fingerprint density at radius 1 is 1.19 bits per heavy atom. The molecule has 0 radical (unpaired) electrons. The van der Waals surface area contributed by atoms with Crippen molar-refractivity contribution >= 4 is 22.4 Å². The molecule has 0 atom stereocenters. The number of nitriles is 1. The lowest BCUT2D eigenvalue weighted by Crippen LogP contribution is -1.88. The first-order valence-electron chi connectivity index (χ1n) is 7.91. The number of thioether (sulfide) groups is 1. The number of nitrogens with zero attached hydrogens (tertiary/aromatic N) is 4. The van der Waals surface area contributed by atoms with E-state index in [4.69, 9.17) is 9.68 Å². The topological polar surface area (TPSA) is 106 Å². The molecule has 0 aliphatic carbocycles. The molecule has 0 aliphatic rings. The van der Waals surface area contributed by atoms with E-state index in [0.717, 1.165) is 22.9 Å². The fraction of sp³-hybridized carbons (Fsp3) is 0.105. The second-order valence-corrected chi connectivity index (χ2v) is 6.71. The second-order valence-electron chi connectivity index (χ2n) is 5.72. The number of benzene rings is 2. The van der Waals surface area contributed by atoms with Crippen LogP contribution in [0.2, 0.25) is 0 Å². The Hall–Kier alpha value is -3.44. The maximum Gasteiger partial charge on any atom is 0.281 e. The highest BCUT2D eigenvalue weighted by atomic mass is 32.2. The van der Waals surface area contributed by atoms with Gasteiger partial charge in [0.2, 0.25) is 5.89 Å². The largest absolute Gasteiger partial charge is 0.411 e. The van der Waals surface area contributed by atoms with Crippen LogP contribution in [0.1, 0.15) is 16.7 Å². The summed E-state index contributed by atoms with van der Waals surface area (Å²) in [6, 6.07) is 13.8. The van der Waals surface area contributed by atoms with Crippen LogP contribution in [0.4, 0.5) is 5.69 Å². The van der Waals surface area contributed by atoms with Crippen molar-refractivity contribution in [1.82, 2.24) is 10.2 Å². The molecule has 0 saturated carbocycles. The molecule has 2 aromatic carbocycles. The van der Waals surface area contributed by atoms with Crippen LogP contribution in [-0.2, 0) is 0 Å². The minimum Gasteiger partial charge on any atom is -0.411 e. The third-order valence-corrected chi connectivity index (χ3v) is 4.83. The van der Waals surface area contributed by atoms with Gasteiger partial charge >= 0.3 is 0 Å². The highest BCUT2D eigenvalue weighted by Gasteiger charge is 2.14. The predicted molar refractivity (Wildman–Crippen MR) is 102 cm³/mol. The molecule has 3 aromatic rings. The van der Waals surface area contributed by atoms with Gasteiger partial charge in [-0.15, -0.1) is 10.2 Å². The van der Waals surface area contributed by atoms with Crippen molar-refractivity contribution in [3.8, 4) is 17.5 Å². The number of allylic oxidation sites excluding steroid dienone is 1. The minimum atomic E-state index is -0.474. The third-order valence-electron chi connectivity index (χ3n) is 3.92. The molecular formula is C19H14N4O3S. The molecule has 0 fully saturated rings. The van der Waals surface area contributed by atoms with Crippen molar-refractivity contribution in [2.45, 2.75) is 19.1 Å². The lowest BCUT2D eigenvalue weighted by molar-refractivity contribution is -0.384. The molecule has 0 N–H and O–H groups in total. The van der Waals surface area contributed by atoms with Crippen LogP contribution in [0.5, 0.6) is 0 Å². The van der Waals surface area contributed by atoms with Crippen molar-refractivity contribution in [1.29, 1.82) is 5.26 Å². The van der Waals surface area contributed by atoms with Crippen molar-refractivity contribution < 1.29 is 9.34 Å². The number of hydrogen-bond acceptors (Lipinski definition) is 7. The highest BCUT2D eigenvalue weighted by molar-refractivity contribution is 8.08. The zero-order chi connectivity index (χ0) is 19.4. The van der Waals surface area contributed by atoms with Crippen molar-refractivity contribution in [3.63, 3.8) is 0 Å². The van der Waals surface area contributed by atoms with E-state index in [2.05, 4.69) is 10.2 Å². The van der Waals surface area contributed by atoms with E-state index in [9.17, 15) is 10.1 Å². The van der Waals surface area contributed by atoms with Gasteiger partial charge < -0.3 is 4.42 Å². The van der Waals surface area contributed by atoms with Gasteiger partial charge in [0, 0.05) is 28.7 Å². The van der Waals surface area contributed by atoms with Gasteiger partial charge in [-0.1, -0.05) is 6.07 Å². The fourth-order valence-electron chi connectivity index (χ4n) is 2.31. The lowest BCUT2D eigenvalue weighted by Gasteiger charge is -2.03. The Kier molecular flexibility index (Phi) is 5.33. The van der Waals surface area contributed by atoms with Gasteiger partial charge in [-0.25, -0.2) is 0 Å². The van der Waals surface area contributed by atoms with E-state index in [1.807, 2.05) is 38.1 Å². The van der Waals surface area contributed by atoms with Crippen LogP contribution in [0.3, 0.4) is 0 Å². The Balaban J connectivity index is 1.85. The zero-order valence-electron chi connectivity index (χ0n) is 14.5. The molecule has 0 amide bonds. The Labute approximate surface area is 159 Å². The molecule has 1 heterocycles. The van der Waals surface area contributed by atoms with E-state index in [0.29, 0.717) is 16.4 Å². The molecule has 1 aromatic heterocycles. The molecular weight excluding hydrogens is 364 g/mol. The summed E-state index contributed by atoms with van der Waals surface area (Å²) in [4.78, 5) is 10.9. The summed E-state index contributed by atoms with van der Waals surface area (Å²) in [6.45, 7) is 4.03. The van der Waals surface area contributed by atoms with Gasteiger partial charge in [0.15, 0.2) is 0 Å². The van der Waals surface area contributed by atoms with E-state index in [1.54, 1.807) is 12.1 Å². The van der Waals surface area contributed by atoms with Gasteiger partial charge in [0.1, 0.15) is 0 Å². The summed E-state index contributed by atoms with van der Waals surface area (Å²) in [5.41, 5.74) is 3.74. The maximum atomic E-state index is 10.8. The molecule has 3 rings (SSSR count). The van der Waals surface area contributed by atoms with Gasteiger partial charge in [0.05, 0.1) is 11.0 Å². The van der Waals surface area contributed by atoms with Crippen LogP contribution in [0.15, 0.2) is 58.2 Å². The molecule has 8 heteroatoms. The predicted octanol–water partition coefficient (Wildman–Crippen LogP) is 4.92. The average molecular weight is 378 g/mol. The standard InChI is InChI=1S/C19H14N4O3S/c1-12-3-4-15(11-13(12)2)18-21-22-19(26-18)27-17(9-10-20)14-5-7-16(8-6-14)23(24)25/h3-9,11H,1-2H3/b17-9-. The van der Waals surface area contributed by atoms with Crippen LogP contribution in [0.25, 0.3) is 16.4 Å². The number of aromatic nitrogens is 2. The molecule has 0 unspecified atom stereocenters. The molecule has 0 saturated heterocycles. The first kappa shape index (κ1) is 18.4. The van der Waals surface area contributed by atoms with Crippen LogP contribution in [-0.4, -0.2) is 15.1 Å². The maximum absolute atomic E-state index is 10.8. The first-order chi connectivity index (χ1) is 13.0. The summed E-state index contributed by atoms with van der Waals surface area (Å²) in [7, 11) is 0. The summed E-state index contributed by atoms with van der Waals surface area (Å²) in [5.74, 6) is 0.389. The molecule has 0 bridgehead atoms. The molecule has 7 nitrogen and oxygen atoms in total. The number of aryl methyl sites for hydroxylation is 2. The van der Waals surface area contributed by atoms with E-state index in [-0.39, 0.29) is 10.9 Å². The quantitative estimate of drug-likeness (QED) is 0.268. The van der Waals surface area contributed by atoms with Crippen molar-refractivity contribution in [3.05, 3.63) is 75.3 Å². The smallest absolute Gasteiger partial charge is 0.281 e. The summed E-state index contributed by atoms with van der Waals surface area (Å²) < 4.78 is 5.71. The van der Waals surface area contributed by atoms with E-state index in [1.165, 1.54) is 23.8 Å². The lowest BCUT2D eigenvalue weighted by atomic mass is 10.1. The average Bonchev–Trinajstić information content (AvgIpc) is 3.12. The number of non-ortho nitro benzene ring substituents is 1. The van der Waals surface area contributed by atoms with E-state index < -0.39 is 4.92 Å². The first-order valence-corrected chi connectivity index (χ1v) is 8.73. The minimum absolute atomic E-state index is 0.0186. The summed E-state index contributed by atoms with van der Waals surface area (Å²) in [6.07, 6.45) is 1.34. The molecule has 134 valence electrons. The Bertz CT molecular complexity index is 1070. The monoisotopic (exact) mass is 378 g/mol. The SMILES string of the molecule is Cc1ccc(-c2nnc(S/C(=C\C#N)c3ccc([N+](=O)[O-])cc3)o2)cc1C. The molecule has 27 heavy (non-hydrogen) atoms. The Morgan fingerprint density at radius 3 is 2.56 bits per heavy atom. The fourth-order valence-corrected chi connectivity index (χ4v) is 3.07. The van der Waals surface area contributed by atoms with Crippen LogP contribution in [0, 0.1) is 35.3 Å². The van der Waals surface area contributed by atoms with Gasteiger partial charge in [-0.2, -0.15) is 5.26 Å². The number of rotatable bonds is 5. The van der Waals surface area contributed by atoms with Crippen LogP contribution >= 0.6 is 11.8 Å². The molecule has 0 spiro atoms. The van der Waals surface area contributed by atoms with Crippen LogP contribution < -0.4 is 0 Å². The van der Waals surface area contributed by atoms with E-state index >= 15 is 0 Å². The second kappa shape index (κ2) is 7.85. The zero-order valence-corrected chi connectivity index (χ0v) is 15.4. The summed E-state index contributed by atoms with van der Waals surface area (Å²) >= 11 is 1.13. The van der Waals surface area contributed by atoms with Crippen molar-refractivity contribution in [2.75, 3.05) is 0 Å². The Morgan fingerprint density at radius 2 is 1.93 bits per heavy atom. The van der Waals surface area contributed by atoms with Gasteiger partial charge in [-0.3, -0.25) is 10.1 Å². The summed E-state index contributed by atoms with van der Waals surface area (Å²) in [5, 5.41) is 28.2. The number of nitro groups is 1. The molecule has 0 aliphatic heterocycles. The van der Waals surface area contributed by atoms with Gasteiger partial charge in [0.25, 0.3) is 10.9 Å². The van der Waals surface area contributed by atoms with Gasteiger partial charge in [-0.05, 0) is 66.6 Å². The normalized spacial score (nSPS) is 11.2. The number of nitro benzene ring substituents is 1. The third kappa shape index (κ3) is 4.22. The highest BCUT2D eigenvalue weighted by Crippen LogP contribution is 2.35. The van der Waals surface area contributed by atoms with Crippen molar-refractivity contribution in [2.24, 2.45) is 0 Å². The number of hydrogen-bond donors (Lipinski definition) is 0.